The molecular weight excluding hydrogens is 429 g/mol. The fourth-order valence-electron chi connectivity index (χ4n) is 3.18. The molecule has 3 N–H and O–H groups in total. The molecule has 0 aliphatic carbocycles. The molecule has 0 bridgehead atoms. The second-order valence-corrected chi connectivity index (χ2v) is 8.89. The summed E-state index contributed by atoms with van der Waals surface area (Å²) in [5, 5.41) is 12.5. The van der Waals surface area contributed by atoms with Crippen molar-refractivity contribution in [2.45, 2.75) is 39.5 Å². The average Bonchev–Trinajstić information content (AvgIpc) is 3.18. The number of benzene rings is 2. The van der Waals surface area contributed by atoms with Crippen molar-refractivity contribution in [2.24, 2.45) is 10.9 Å². The summed E-state index contributed by atoms with van der Waals surface area (Å²) in [6, 6.07) is 12.3. The van der Waals surface area contributed by atoms with E-state index < -0.39 is 5.82 Å². The van der Waals surface area contributed by atoms with Gasteiger partial charge >= 0.3 is 0 Å². The van der Waals surface area contributed by atoms with E-state index in [2.05, 4.69) is 19.0 Å². The van der Waals surface area contributed by atoms with E-state index in [1.165, 1.54) is 17.0 Å². The normalized spacial score (nSPS) is 11.7. The maximum Gasteiger partial charge on any atom is 0.173 e. The van der Waals surface area contributed by atoms with E-state index in [0.717, 1.165) is 34.9 Å². The molecular formula is C24H28FN3O3S. The topological polar surface area (TPSA) is 90.0 Å². The lowest BCUT2D eigenvalue weighted by Crippen LogP contribution is -2.15. The molecule has 0 saturated carbocycles. The summed E-state index contributed by atoms with van der Waals surface area (Å²) in [5.74, 6) is 0.774. The number of hydrogen-bond donors (Lipinski definition) is 2. The van der Waals surface area contributed by atoms with Crippen molar-refractivity contribution in [2.75, 3.05) is 13.2 Å². The Morgan fingerprint density at radius 1 is 1.09 bits per heavy atom. The Labute approximate surface area is 191 Å². The number of oxime groups is 1. The third-order valence-corrected chi connectivity index (χ3v) is 6.08. The largest absolute Gasteiger partial charge is 0.494 e. The highest BCUT2D eigenvalue weighted by Crippen LogP contribution is 2.34. The van der Waals surface area contributed by atoms with Crippen molar-refractivity contribution in [3.05, 3.63) is 63.7 Å². The number of aromatic nitrogens is 1. The third kappa shape index (κ3) is 5.97. The zero-order valence-corrected chi connectivity index (χ0v) is 19.3. The molecule has 0 aliphatic rings. The van der Waals surface area contributed by atoms with E-state index in [4.69, 9.17) is 25.4 Å². The smallest absolute Gasteiger partial charge is 0.173 e. The van der Waals surface area contributed by atoms with E-state index in [1.54, 1.807) is 17.4 Å². The predicted molar refractivity (Wildman–Crippen MR) is 126 cm³/mol. The van der Waals surface area contributed by atoms with Gasteiger partial charge in [0.2, 0.25) is 0 Å². The number of hydrogen-bond acceptors (Lipinski definition) is 6. The van der Waals surface area contributed by atoms with Gasteiger partial charge < -0.3 is 20.4 Å². The summed E-state index contributed by atoms with van der Waals surface area (Å²) in [6.07, 6.45) is 1.56. The van der Waals surface area contributed by atoms with E-state index in [-0.39, 0.29) is 11.4 Å². The summed E-state index contributed by atoms with van der Waals surface area (Å²) in [6.45, 7) is 7.41. The monoisotopic (exact) mass is 457 g/mol. The van der Waals surface area contributed by atoms with Gasteiger partial charge in [-0.1, -0.05) is 19.0 Å². The highest BCUT2D eigenvalue weighted by molar-refractivity contribution is 7.12. The number of amidine groups is 1. The Kier molecular flexibility index (Phi) is 8.05. The highest BCUT2D eigenvalue weighted by atomic mass is 32.1. The van der Waals surface area contributed by atoms with Crippen LogP contribution in [0, 0.1) is 12.7 Å². The molecule has 8 heteroatoms. The molecule has 0 amide bonds. The van der Waals surface area contributed by atoms with Gasteiger partial charge in [0.25, 0.3) is 0 Å². The molecule has 0 radical (unpaired) electrons. The van der Waals surface area contributed by atoms with Crippen molar-refractivity contribution in [1.82, 2.24) is 4.98 Å². The first-order chi connectivity index (χ1) is 15.4. The van der Waals surface area contributed by atoms with E-state index in [9.17, 15) is 4.39 Å². The van der Waals surface area contributed by atoms with Gasteiger partial charge in [0, 0.05) is 16.5 Å². The molecule has 0 fully saturated rings. The first-order valence-electron chi connectivity index (χ1n) is 10.5. The van der Waals surface area contributed by atoms with Crippen LogP contribution in [-0.4, -0.2) is 29.2 Å². The Morgan fingerprint density at radius 3 is 2.31 bits per heavy atom. The van der Waals surface area contributed by atoms with Gasteiger partial charge in [-0.05, 0) is 62.1 Å². The number of nitrogens with zero attached hydrogens (tertiary/aromatic N) is 2. The predicted octanol–water partition coefficient (Wildman–Crippen LogP) is 5.71. The minimum Gasteiger partial charge on any atom is -0.494 e. The van der Waals surface area contributed by atoms with Crippen LogP contribution >= 0.6 is 11.3 Å². The molecule has 0 spiro atoms. The van der Waals surface area contributed by atoms with E-state index in [1.807, 2.05) is 31.2 Å². The summed E-state index contributed by atoms with van der Waals surface area (Å²) in [4.78, 5) is 5.99. The fourth-order valence-corrected chi connectivity index (χ4v) is 4.13. The van der Waals surface area contributed by atoms with Gasteiger partial charge in [-0.2, -0.15) is 0 Å². The maximum atomic E-state index is 13.9. The molecule has 3 aromatic rings. The van der Waals surface area contributed by atoms with Crippen LogP contribution in [0.5, 0.6) is 11.5 Å². The van der Waals surface area contributed by atoms with Crippen LogP contribution in [0.4, 0.5) is 4.39 Å². The molecule has 0 atom stereocenters. The fraction of sp³-hybridized carbons (Fsp3) is 0.333. The molecule has 0 aliphatic heterocycles. The number of rotatable bonds is 10. The van der Waals surface area contributed by atoms with Crippen molar-refractivity contribution in [3.8, 4) is 22.8 Å². The van der Waals surface area contributed by atoms with Gasteiger partial charge in [-0.25, -0.2) is 9.37 Å². The van der Waals surface area contributed by atoms with Crippen LogP contribution in [0.2, 0.25) is 0 Å². The standard InChI is InChI=1S/C24H28FN3O3S/c1-15(2)23-22(27-16(3)32-23)17-6-8-18(9-7-17)30-12-4-5-13-31-19-10-11-20(21(25)14-19)24(26)28-29/h6-11,14-15,29H,4-5,12-13H2,1-3H3,(H2,26,28). The minimum atomic E-state index is -0.599. The zero-order chi connectivity index (χ0) is 23.1. The van der Waals surface area contributed by atoms with Crippen LogP contribution in [0.1, 0.15) is 48.1 Å². The van der Waals surface area contributed by atoms with Crippen molar-refractivity contribution < 1.29 is 19.1 Å². The Hall–Kier alpha value is -3.13. The lowest BCUT2D eigenvalue weighted by Gasteiger charge is -2.10. The number of thiazole rings is 1. The molecule has 170 valence electrons. The molecule has 1 heterocycles. The first kappa shape index (κ1) is 23.5. The van der Waals surface area contributed by atoms with Gasteiger partial charge in [0.15, 0.2) is 5.84 Å². The SMILES string of the molecule is Cc1nc(-c2ccc(OCCCCOc3ccc(C(N)=NO)c(F)c3)cc2)c(C(C)C)s1. The lowest BCUT2D eigenvalue weighted by atomic mass is 10.1. The number of unbranched alkanes of at least 4 members (excludes halogenated alkanes) is 1. The molecule has 6 nitrogen and oxygen atoms in total. The zero-order valence-electron chi connectivity index (χ0n) is 18.5. The second-order valence-electron chi connectivity index (χ2n) is 7.66. The summed E-state index contributed by atoms with van der Waals surface area (Å²) in [7, 11) is 0. The quantitative estimate of drug-likeness (QED) is 0.134. The van der Waals surface area contributed by atoms with Gasteiger partial charge in [-0.15, -0.1) is 11.3 Å². The lowest BCUT2D eigenvalue weighted by molar-refractivity contribution is 0.266. The van der Waals surface area contributed by atoms with Crippen LogP contribution in [-0.2, 0) is 0 Å². The van der Waals surface area contributed by atoms with Gasteiger partial charge in [0.05, 0.1) is 29.5 Å². The summed E-state index contributed by atoms with van der Waals surface area (Å²) in [5.41, 5.74) is 7.60. The second kappa shape index (κ2) is 10.9. The van der Waals surface area contributed by atoms with Crippen LogP contribution in [0.25, 0.3) is 11.3 Å². The van der Waals surface area contributed by atoms with Crippen molar-refractivity contribution in [1.29, 1.82) is 0 Å². The Morgan fingerprint density at radius 2 is 1.72 bits per heavy atom. The van der Waals surface area contributed by atoms with Crippen LogP contribution < -0.4 is 15.2 Å². The molecule has 1 aromatic heterocycles. The third-order valence-electron chi connectivity index (χ3n) is 4.81. The minimum absolute atomic E-state index is 0.0320. The Balaban J connectivity index is 1.42. The maximum absolute atomic E-state index is 13.9. The van der Waals surface area contributed by atoms with Crippen LogP contribution in [0.3, 0.4) is 0 Å². The number of ether oxygens (including phenoxy) is 2. The highest BCUT2D eigenvalue weighted by Gasteiger charge is 2.14. The number of nitrogens with two attached hydrogens (primary N) is 1. The average molecular weight is 458 g/mol. The van der Waals surface area contributed by atoms with Gasteiger partial charge in [-0.3, -0.25) is 0 Å². The van der Waals surface area contributed by atoms with Crippen molar-refractivity contribution in [3.63, 3.8) is 0 Å². The summed E-state index contributed by atoms with van der Waals surface area (Å²) < 4.78 is 25.3. The molecule has 0 saturated heterocycles. The molecule has 32 heavy (non-hydrogen) atoms. The van der Waals surface area contributed by atoms with E-state index in [0.29, 0.717) is 24.9 Å². The number of halogens is 1. The molecule has 2 aromatic carbocycles. The molecule has 3 rings (SSSR count). The van der Waals surface area contributed by atoms with E-state index >= 15 is 0 Å². The summed E-state index contributed by atoms with van der Waals surface area (Å²) >= 11 is 1.75. The van der Waals surface area contributed by atoms with Crippen molar-refractivity contribution >= 4 is 17.2 Å². The van der Waals surface area contributed by atoms with Gasteiger partial charge in [0.1, 0.15) is 17.3 Å². The van der Waals surface area contributed by atoms with Crippen LogP contribution in [0.15, 0.2) is 47.6 Å². The molecule has 0 unspecified atom stereocenters. The first-order valence-corrected chi connectivity index (χ1v) is 11.3. The number of aryl methyl sites for hydroxylation is 1. The Bertz CT molecular complexity index is 1060.